The fraction of sp³-hybridized carbons (Fsp3) is 0.333. The molecule has 6 nitrogen and oxygen atoms in total. The van der Waals surface area contributed by atoms with Crippen LogP contribution in [0.5, 0.6) is 0 Å². The van der Waals surface area contributed by atoms with E-state index in [1.165, 1.54) is 17.3 Å². The summed E-state index contributed by atoms with van der Waals surface area (Å²) in [6.07, 6.45) is 1.02. The van der Waals surface area contributed by atoms with E-state index >= 15 is 0 Å². The van der Waals surface area contributed by atoms with Crippen LogP contribution in [0.2, 0.25) is 0 Å². The molecule has 1 heterocycles. The number of anilines is 1. The lowest BCUT2D eigenvalue weighted by Crippen LogP contribution is -2.23. The van der Waals surface area contributed by atoms with Gasteiger partial charge in [-0.1, -0.05) is 61.5 Å². The van der Waals surface area contributed by atoms with Crippen molar-refractivity contribution in [1.82, 2.24) is 20.2 Å². The number of rotatable bonds is 7. The van der Waals surface area contributed by atoms with Gasteiger partial charge in [0.05, 0.1) is 10.9 Å². The summed E-state index contributed by atoms with van der Waals surface area (Å²) in [5.74, 6) is 0.313. The number of thioether (sulfide) groups is 1. The van der Waals surface area contributed by atoms with Crippen LogP contribution in [0.25, 0.3) is 5.69 Å². The van der Waals surface area contributed by atoms with E-state index in [4.69, 9.17) is 0 Å². The second-order valence-corrected chi connectivity index (χ2v) is 8.16. The lowest BCUT2D eigenvalue weighted by Gasteiger charge is -2.17. The minimum absolute atomic E-state index is 0.0702. The Kier molecular flexibility index (Phi) is 6.46. The Balaban J connectivity index is 1.73. The van der Waals surface area contributed by atoms with Crippen LogP contribution in [0.15, 0.2) is 53.7 Å². The molecule has 1 amide bonds. The number of nitrogens with one attached hydrogen (secondary N) is 1. The summed E-state index contributed by atoms with van der Waals surface area (Å²) in [6.45, 7) is 8.20. The van der Waals surface area contributed by atoms with Crippen LogP contribution in [-0.4, -0.2) is 31.4 Å². The molecule has 28 heavy (non-hydrogen) atoms. The van der Waals surface area contributed by atoms with E-state index in [9.17, 15) is 4.79 Å². The average molecular weight is 396 g/mol. The summed E-state index contributed by atoms with van der Waals surface area (Å²) in [6, 6.07) is 15.9. The quantitative estimate of drug-likeness (QED) is 0.592. The second kappa shape index (κ2) is 9.01. The van der Waals surface area contributed by atoms with E-state index in [2.05, 4.69) is 40.8 Å². The highest BCUT2D eigenvalue weighted by Crippen LogP contribution is 2.28. The van der Waals surface area contributed by atoms with Crippen LogP contribution < -0.4 is 5.32 Å². The molecule has 1 N–H and O–H groups in total. The largest absolute Gasteiger partial charge is 0.325 e. The number of hydrogen-bond donors (Lipinski definition) is 1. The second-order valence-electron chi connectivity index (χ2n) is 6.85. The molecule has 146 valence electrons. The predicted octanol–water partition coefficient (Wildman–Crippen LogP) is 4.60. The number of nitrogens with zero attached hydrogens (tertiary/aromatic N) is 4. The van der Waals surface area contributed by atoms with E-state index in [0.717, 1.165) is 23.4 Å². The molecule has 0 unspecified atom stereocenters. The highest BCUT2D eigenvalue weighted by molar-refractivity contribution is 8.00. The molecule has 3 aromatic rings. The number of aryl methyl sites for hydroxylation is 1. The van der Waals surface area contributed by atoms with Crippen molar-refractivity contribution in [2.75, 3.05) is 5.32 Å². The summed E-state index contributed by atoms with van der Waals surface area (Å²) in [4.78, 5) is 12.8. The third-order valence-corrected chi connectivity index (χ3v) is 5.77. The first-order valence-electron chi connectivity index (χ1n) is 9.41. The Bertz CT molecular complexity index is 938. The Morgan fingerprint density at radius 3 is 2.57 bits per heavy atom. The Hall–Kier alpha value is -2.67. The molecule has 2 atom stereocenters. The minimum Gasteiger partial charge on any atom is -0.325 e. The highest BCUT2D eigenvalue weighted by atomic mass is 32.2. The molecule has 7 heteroatoms. The van der Waals surface area contributed by atoms with E-state index in [0.29, 0.717) is 11.1 Å². The topological polar surface area (TPSA) is 72.7 Å². The van der Waals surface area contributed by atoms with E-state index < -0.39 is 0 Å². The molecule has 0 aliphatic heterocycles. The summed E-state index contributed by atoms with van der Waals surface area (Å²) in [7, 11) is 0. The van der Waals surface area contributed by atoms with E-state index in [1.54, 1.807) is 4.68 Å². The van der Waals surface area contributed by atoms with Gasteiger partial charge in [0.1, 0.15) is 0 Å². The number of benzene rings is 2. The standard InChI is InChI=1S/C21H25N5OS/c1-5-15(3)18-8-6-7-9-19(18)22-20(27)16(4)28-21-23-24-25-26(21)17-12-10-14(2)11-13-17/h6-13,15-16H,5H2,1-4H3,(H,22,27)/t15-,16-/m1/s1. The van der Waals surface area contributed by atoms with E-state index in [-0.39, 0.29) is 11.2 Å². The number of para-hydroxylation sites is 1. The maximum absolute atomic E-state index is 12.8. The molecule has 0 aliphatic rings. The van der Waals surface area contributed by atoms with Crippen molar-refractivity contribution in [2.45, 2.75) is 50.4 Å². The number of carbonyl (C=O) groups is 1. The van der Waals surface area contributed by atoms with Gasteiger partial charge in [-0.2, -0.15) is 4.68 Å². The van der Waals surface area contributed by atoms with Crippen molar-refractivity contribution in [3.8, 4) is 5.69 Å². The third kappa shape index (κ3) is 4.59. The van der Waals surface area contributed by atoms with Crippen LogP contribution >= 0.6 is 11.8 Å². The van der Waals surface area contributed by atoms with Crippen LogP contribution in [0.4, 0.5) is 5.69 Å². The molecular formula is C21H25N5OS. The van der Waals surface area contributed by atoms with Gasteiger partial charge in [0.2, 0.25) is 11.1 Å². The molecule has 3 rings (SSSR count). The van der Waals surface area contributed by atoms with Gasteiger partial charge in [-0.25, -0.2) is 0 Å². The lowest BCUT2D eigenvalue weighted by atomic mass is 9.97. The normalized spacial score (nSPS) is 13.1. The first-order valence-corrected chi connectivity index (χ1v) is 10.3. The van der Waals surface area contributed by atoms with Crippen molar-refractivity contribution >= 4 is 23.4 Å². The smallest absolute Gasteiger partial charge is 0.237 e. The van der Waals surface area contributed by atoms with Gasteiger partial charge in [-0.3, -0.25) is 4.79 Å². The molecule has 0 saturated heterocycles. The molecule has 0 fully saturated rings. The minimum atomic E-state index is -0.347. The van der Waals surface area contributed by atoms with Gasteiger partial charge in [0.15, 0.2) is 0 Å². The lowest BCUT2D eigenvalue weighted by molar-refractivity contribution is -0.115. The first kappa shape index (κ1) is 20.1. The van der Waals surface area contributed by atoms with Crippen LogP contribution in [0.3, 0.4) is 0 Å². The number of tetrazole rings is 1. The molecule has 0 aliphatic carbocycles. The van der Waals surface area contributed by atoms with Gasteiger partial charge in [-0.15, -0.1) is 5.10 Å². The van der Waals surface area contributed by atoms with Crippen molar-refractivity contribution < 1.29 is 4.79 Å². The van der Waals surface area contributed by atoms with Crippen molar-refractivity contribution in [1.29, 1.82) is 0 Å². The number of hydrogen-bond acceptors (Lipinski definition) is 5. The monoisotopic (exact) mass is 395 g/mol. The van der Waals surface area contributed by atoms with E-state index in [1.807, 2.05) is 56.3 Å². The third-order valence-electron chi connectivity index (χ3n) is 4.73. The van der Waals surface area contributed by atoms with Crippen molar-refractivity contribution in [3.63, 3.8) is 0 Å². The molecule has 0 bridgehead atoms. The zero-order valence-electron chi connectivity index (χ0n) is 16.6. The van der Waals surface area contributed by atoms with Crippen LogP contribution in [-0.2, 0) is 4.79 Å². The zero-order chi connectivity index (χ0) is 20.1. The summed E-state index contributed by atoms with van der Waals surface area (Å²) in [5.41, 5.74) is 4.05. The SMILES string of the molecule is CC[C@@H](C)c1ccccc1NC(=O)[C@@H](C)Sc1nnnn1-c1ccc(C)cc1. The number of amides is 1. The molecule has 2 aromatic carbocycles. The molecule has 0 radical (unpaired) electrons. The molecule has 1 aromatic heterocycles. The fourth-order valence-corrected chi connectivity index (χ4v) is 3.61. The number of carbonyl (C=O) groups excluding carboxylic acids is 1. The van der Waals surface area contributed by atoms with Crippen LogP contribution in [0, 0.1) is 6.92 Å². The Morgan fingerprint density at radius 1 is 1.14 bits per heavy atom. The summed E-state index contributed by atoms with van der Waals surface area (Å²) in [5, 5.41) is 15.2. The Labute approximate surface area is 169 Å². The van der Waals surface area contributed by atoms with Crippen LogP contribution in [0.1, 0.15) is 44.2 Å². The van der Waals surface area contributed by atoms with Crippen molar-refractivity contribution in [2.24, 2.45) is 0 Å². The fourth-order valence-electron chi connectivity index (χ4n) is 2.81. The molecule has 0 saturated carbocycles. The number of aromatic nitrogens is 4. The molecular weight excluding hydrogens is 370 g/mol. The average Bonchev–Trinajstić information content (AvgIpc) is 3.16. The van der Waals surface area contributed by atoms with Gasteiger partial charge in [0.25, 0.3) is 0 Å². The van der Waals surface area contributed by atoms with Gasteiger partial charge in [0, 0.05) is 5.69 Å². The predicted molar refractivity (Wildman–Crippen MR) is 113 cm³/mol. The summed E-state index contributed by atoms with van der Waals surface area (Å²) < 4.78 is 1.65. The van der Waals surface area contributed by atoms with Crippen molar-refractivity contribution in [3.05, 3.63) is 59.7 Å². The maximum Gasteiger partial charge on any atom is 0.237 e. The van der Waals surface area contributed by atoms with Gasteiger partial charge in [-0.05, 0) is 60.4 Å². The van der Waals surface area contributed by atoms with Gasteiger partial charge >= 0.3 is 0 Å². The highest BCUT2D eigenvalue weighted by Gasteiger charge is 2.20. The zero-order valence-corrected chi connectivity index (χ0v) is 17.4. The Morgan fingerprint density at radius 2 is 1.86 bits per heavy atom. The molecule has 0 spiro atoms. The first-order chi connectivity index (χ1) is 13.5. The summed E-state index contributed by atoms with van der Waals surface area (Å²) >= 11 is 1.34. The van der Waals surface area contributed by atoms with Gasteiger partial charge < -0.3 is 5.32 Å². The maximum atomic E-state index is 12.8.